The van der Waals surface area contributed by atoms with Gasteiger partial charge < -0.3 is 4.74 Å². The number of carbonyl (C=O) groups excluding carboxylic acids is 1. The molecule has 0 N–H and O–H groups in total. The van der Waals surface area contributed by atoms with Crippen LogP contribution in [-0.4, -0.2) is 25.8 Å². The number of methoxy groups -OCH3 is 1. The highest BCUT2D eigenvalue weighted by Gasteiger charge is 2.02. The van der Waals surface area contributed by atoms with Crippen molar-refractivity contribution in [3.8, 4) is 0 Å². The van der Waals surface area contributed by atoms with Gasteiger partial charge in [0, 0.05) is 12.8 Å². The number of esters is 1. The second-order valence-corrected chi connectivity index (χ2v) is 3.23. The fourth-order valence-electron chi connectivity index (χ4n) is 1.16. The summed E-state index contributed by atoms with van der Waals surface area (Å²) in [5, 5.41) is 0. The molecule has 0 aliphatic heterocycles. The van der Waals surface area contributed by atoms with E-state index in [4.69, 9.17) is 0 Å². The predicted octanol–water partition coefficient (Wildman–Crippen LogP) is 2.47. The van der Waals surface area contributed by atoms with Gasteiger partial charge in [-0.15, -0.1) is 6.58 Å². The van der Waals surface area contributed by atoms with E-state index in [1.54, 1.807) is 18.3 Å². The molecule has 1 rings (SSSR count). The first kappa shape index (κ1) is 12.2. The number of rotatable bonds is 5. The Bertz CT molecular complexity index is 379. The van der Waals surface area contributed by atoms with Crippen LogP contribution in [-0.2, 0) is 4.74 Å². The zero-order chi connectivity index (χ0) is 11.8. The predicted molar refractivity (Wildman–Crippen MR) is 65.1 cm³/mol. The molecule has 0 unspecified atom stereocenters. The van der Waals surface area contributed by atoms with Gasteiger partial charge in [0.15, 0.2) is 0 Å². The van der Waals surface area contributed by atoms with Crippen LogP contribution >= 0.6 is 0 Å². The molecule has 0 heterocycles. The Balaban J connectivity index is 2.60. The molecule has 0 atom stereocenters. The summed E-state index contributed by atoms with van der Waals surface area (Å²) in [4.78, 5) is 15.4. The molecule has 0 aromatic heterocycles. The molecule has 0 bridgehead atoms. The Morgan fingerprint density at radius 3 is 2.69 bits per heavy atom. The Morgan fingerprint density at radius 1 is 1.44 bits per heavy atom. The highest BCUT2D eigenvalue weighted by atomic mass is 16.5. The molecule has 3 nitrogen and oxygen atoms in total. The van der Waals surface area contributed by atoms with Gasteiger partial charge >= 0.3 is 5.97 Å². The van der Waals surface area contributed by atoms with Gasteiger partial charge in [0.05, 0.1) is 12.7 Å². The summed E-state index contributed by atoms with van der Waals surface area (Å²) in [5.74, 6) is -0.324. The lowest BCUT2D eigenvalue weighted by molar-refractivity contribution is 0.0601. The van der Waals surface area contributed by atoms with Crippen molar-refractivity contribution < 1.29 is 9.53 Å². The van der Waals surface area contributed by atoms with Crippen LogP contribution in [0.2, 0.25) is 0 Å². The Hall–Kier alpha value is -1.90. The lowest BCUT2D eigenvalue weighted by atomic mass is 10.1. The zero-order valence-electron chi connectivity index (χ0n) is 9.35. The van der Waals surface area contributed by atoms with Crippen LogP contribution in [0.15, 0.2) is 41.9 Å². The molecule has 0 aliphatic rings. The Kier molecular flexibility index (Phi) is 4.99. The highest BCUT2D eigenvalue weighted by molar-refractivity contribution is 5.90. The molecule has 0 spiro atoms. The lowest BCUT2D eigenvalue weighted by Gasteiger charge is -1.98. The van der Waals surface area contributed by atoms with E-state index in [-0.39, 0.29) is 5.97 Å². The molecule has 1 aromatic carbocycles. The first-order valence-corrected chi connectivity index (χ1v) is 5.07. The molecule has 3 heteroatoms. The molecule has 0 fully saturated rings. The van der Waals surface area contributed by atoms with Gasteiger partial charge in [-0.2, -0.15) is 0 Å². The van der Waals surface area contributed by atoms with E-state index in [0.29, 0.717) is 5.56 Å². The van der Waals surface area contributed by atoms with E-state index >= 15 is 0 Å². The van der Waals surface area contributed by atoms with E-state index in [1.165, 1.54) is 7.11 Å². The molecule has 0 radical (unpaired) electrons. The van der Waals surface area contributed by atoms with Crippen LogP contribution in [0.5, 0.6) is 0 Å². The summed E-state index contributed by atoms with van der Waals surface area (Å²) in [6.45, 7) is 4.36. The summed E-state index contributed by atoms with van der Waals surface area (Å²) >= 11 is 0. The van der Waals surface area contributed by atoms with Crippen LogP contribution in [0.25, 0.3) is 0 Å². The number of ether oxygens (including phenoxy) is 1. The van der Waals surface area contributed by atoms with Crippen molar-refractivity contribution in [3.63, 3.8) is 0 Å². The second-order valence-electron chi connectivity index (χ2n) is 3.23. The van der Waals surface area contributed by atoms with Gasteiger partial charge in [-0.1, -0.05) is 18.2 Å². The third-order valence-electron chi connectivity index (χ3n) is 2.03. The average Bonchev–Trinajstić information content (AvgIpc) is 2.34. The maximum atomic E-state index is 11.2. The number of hydrogen-bond donors (Lipinski definition) is 0. The van der Waals surface area contributed by atoms with Crippen molar-refractivity contribution in [2.24, 2.45) is 4.99 Å². The Morgan fingerprint density at radius 2 is 2.12 bits per heavy atom. The van der Waals surface area contributed by atoms with Crippen LogP contribution in [0.4, 0.5) is 0 Å². The van der Waals surface area contributed by atoms with Crippen molar-refractivity contribution in [3.05, 3.63) is 48.0 Å². The average molecular weight is 217 g/mol. The second kappa shape index (κ2) is 6.56. The SMILES string of the molecule is C=CCCN=Cc1ccc(C(=O)OC)cc1. The first-order chi connectivity index (χ1) is 7.77. The maximum Gasteiger partial charge on any atom is 0.337 e. The van der Waals surface area contributed by atoms with E-state index < -0.39 is 0 Å². The fraction of sp³-hybridized carbons (Fsp3) is 0.231. The zero-order valence-corrected chi connectivity index (χ0v) is 9.35. The van der Waals surface area contributed by atoms with E-state index in [9.17, 15) is 4.79 Å². The molecule has 0 amide bonds. The topological polar surface area (TPSA) is 38.7 Å². The number of carbonyl (C=O) groups is 1. The van der Waals surface area contributed by atoms with Gasteiger partial charge in [-0.25, -0.2) is 4.79 Å². The van der Waals surface area contributed by atoms with Gasteiger partial charge in [0.2, 0.25) is 0 Å². The first-order valence-electron chi connectivity index (χ1n) is 5.07. The van der Waals surface area contributed by atoms with E-state index in [0.717, 1.165) is 18.5 Å². The molecular formula is C13H15NO2. The third-order valence-corrected chi connectivity index (χ3v) is 2.03. The van der Waals surface area contributed by atoms with Crippen LogP contribution in [0, 0.1) is 0 Å². The van der Waals surface area contributed by atoms with E-state index in [2.05, 4.69) is 16.3 Å². The number of benzene rings is 1. The van der Waals surface area contributed by atoms with Crippen LogP contribution in [0.1, 0.15) is 22.3 Å². The lowest BCUT2D eigenvalue weighted by Crippen LogP contribution is -2.00. The van der Waals surface area contributed by atoms with Gasteiger partial charge in [0.1, 0.15) is 0 Å². The fourth-order valence-corrected chi connectivity index (χ4v) is 1.16. The molecular weight excluding hydrogens is 202 g/mol. The number of aliphatic imine (C=N–C) groups is 1. The van der Waals surface area contributed by atoms with Crippen LogP contribution in [0.3, 0.4) is 0 Å². The van der Waals surface area contributed by atoms with Crippen molar-refractivity contribution >= 4 is 12.2 Å². The minimum absolute atomic E-state index is 0.324. The normalized spacial score (nSPS) is 10.3. The minimum atomic E-state index is -0.324. The summed E-state index contributed by atoms with van der Waals surface area (Å²) in [6.07, 6.45) is 4.49. The van der Waals surface area contributed by atoms with Gasteiger partial charge in [-0.3, -0.25) is 4.99 Å². The molecule has 1 aromatic rings. The van der Waals surface area contributed by atoms with Crippen molar-refractivity contribution in [1.29, 1.82) is 0 Å². The maximum absolute atomic E-state index is 11.2. The van der Waals surface area contributed by atoms with Gasteiger partial charge in [0.25, 0.3) is 0 Å². The monoisotopic (exact) mass is 217 g/mol. The third kappa shape index (κ3) is 3.69. The smallest absolute Gasteiger partial charge is 0.337 e. The standard InChI is InChI=1S/C13H15NO2/c1-3-4-9-14-10-11-5-7-12(8-6-11)13(15)16-2/h3,5-8,10H,1,4,9H2,2H3. The van der Waals surface area contributed by atoms with E-state index in [1.807, 2.05) is 18.2 Å². The van der Waals surface area contributed by atoms with Crippen molar-refractivity contribution in [2.75, 3.05) is 13.7 Å². The van der Waals surface area contributed by atoms with Crippen molar-refractivity contribution in [2.45, 2.75) is 6.42 Å². The summed E-state index contributed by atoms with van der Waals surface area (Å²) in [5.41, 5.74) is 1.52. The Labute approximate surface area is 95.5 Å². The molecule has 0 aliphatic carbocycles. The van der Waals surface area contributed by atoms with Gasteiger partial charge in [-0.05, 0) is 24.1 Å². The largest absolute Gasteiger partial charge is 0.465 e. The molecule has 84 valence electrons. The number of hydrogen-bond acceptors (Lipinski definition) is 3. The summed E-state index contributed by atoms with van der Waals surface area (Å²) < 4.78 is 4.61. The summed E-state index contributed by atoms with van der Waals surface area (Å²) in [7, 11) is 1.37. The molecule has 0 saturated carbocycles. The molecule has 0 saturated heterocycles. The highest BCUT2D eigenvalue weighted by Crippen LogP contribution is 2.04. The molecule has 16 heavy (non-hydrogen) atoms. The van der Waals surface area contributed by atoms with Crippen LogP contribution < -0.4 is 0 Å². The number of nitrogens with zero attached hydrogens (tertiary/aromatic N) is 1. The quantitative estimate of drug-likeness (QED) is 0.329. The van der Waals surface area contributed by atoms with Crippen molar-refractivity contribution in [1.82, 2.24) is 0 Å². The summed E-state index contributed by atoms with van der Waals surface area (Å²) in [6, 6.07) is 7.12. The minimum Gasteiger partial charge on any atom is -0.465 e.